The van der Waals surface area contributed by atoms with Gasteiger partial charge in [-0.25, -0.2) is 0 Å². The molecule has 92 valence electrons. The fraction of sp³-hybridized carbons (Fsp3) is 0.571. The first-order valence-electron chi connectivity index (χ1n) is 6.49. The maximum atomic E-state index is 5.93. The second kappa shape index (κ2) is 4.51. The fourth-order valence-corrected chi connectivity index (χ4v) is 3.30. The van der Waals surface area contributed by atoms with E-state index in [-0.39, 0.29) is 0 Å². The lowest BCUT2D eigenvalue weighted by Gasteiger charge is -2.34. The molecule has 3 heteroatoms. The number of hydrogen-bond acceptors (Lipinski definition) is 2. The summed E-state index contributed by atoms with van der Waals surface area (Å²) in [6.45, 7) is 4.79. The van der Waals surface area contributed by atoms with E-state index < -0.39 is 0 Å². The van der Waals surface area contributed by atoms with Crippen LogP contribution in [0.3, 0.4) is 0 Å². The molecule has 1 N–H and O–H groups in total. The maximum Gasteiger partial charge on any atom is 0.0407 e. The molecule has 2 aliphatic heterocycles. The van der Waals surface area contributed by atoms with Crippen LogP contribution < -0.4 is 10.2 Å². The number of hydrogen-bond donors (Lipinski definition) is 1. The molecule has 0 unspecified atom stereocenters. The largest absolute Gasteiger partial charge is 0.371 e. The molecule has 1 aromatic carbocycles. The van der Waals surface area contributed by atoms with Gasteiger partial charge in [0.2, 0.25) is 0 Å². The highest BCUT2D eigenvalue weighted by Gasteiger charge is 2.38. The molecule has 0 radical (unpaired) electrons. The Balaban J connectivity index is 1.72. The third kappa shape index (κ3) is 2.29. The van der Waals surface area contributed by atoms with Crippen molar-refractivity contribution in [3.8, 4) is 0 Å². The minimum atomic E-state index is 0.574. The zero-order chi connectivity index (χ0) is 11.7. The van der Waals surface area contributed by atoms with Gasteiger partial charge in [0.15, 0.2) is 0 Å². The van der Waals surface area contributed by atoms with Crippen molar-refractivity contribution >= 4 is 17.3 Å². The van der Waals surface area contributed by atoms with Crippen LogP contribution in [0.15, 0.2) is 24.3 Å². The summed E-state index contributed by atoms with van der Waals surface area (Å²) >= 11 is 5.93. The maximum absolute atomic E-state index is 5.93. The van der Waals surface area contributed by atoms with Crippen molar-refractivity contribution in [2.45, 2.75) is 19.3 Å². The third-order valence-electron chi connectivity index (χ3n) is 4.29. The van der Waals surface area contributed by atoms with Gasteiger partial charge in [-0.1, -0.05) is 11.6 Å². The molecule has 0 atom stereocenters. The Labute approximate surface area is 108 Å². The number of halogens is 1. The van der Waals surface area contributed by atoms with Gasteiger partial charge in [-0.05, 0) is 62.0 Å². The van der Waals surface area contributed by atoms with Crippen LogP contribution >= 0.6 is 11.6 Å². The van der Waals surface area contributed by atoms with Crippen LogP contribution in [0.4, 0.5) is 5.69 Å². The van der Waals surface area contributed by atoms with Gasteiger partial charge in [-0.2, -0.15) is 0 Å². The van der Waals surface area contributed by atoms with Crippen molar-refractivity contribution in [3.05, 3.63) is 29.3 Å². The van der Waals surface area contributed by atoms with Crippen LogP contribution in [-0.2, 0) is 0 Å². The first-order chi connectivity index (χ1) is 8.27. The molecule has 1 aromatic rings. The molecule has 2 aliphatic rings. The van der Waals surface area contributed by atoms with Crippen molar-refractivity contribution in [2.75, 3.05) is 31.1 Å². The first-order valence-corrected chi connectivity index (χ1v) is 6.87. The summed E-state index contributed by atoms with van der Waals surface area (Å²) in [5.41, 5.74) is 1.90. The predicted molar refractivity (Wildman–Crippen MR) is 72.8 cm³/mol. The average Bonchev–Trinajstić information content (AvgIpc) is 2.75. The zero-order valence-electron chi connectivity index (χ0n) is 10.1. The van der Waals surface area contributed by atoms with E-state index in [4.69, 9.17) is 11.6 Å². The van der Waals surface area contributed by atoms with E-state index in [1.165, 1.54) is 51.1 Å². The van der Waals surface area contributed by atoms with Gasteiger partial charge < -0.3 is 10.2 Å². The van der Waals surface area contributed by atoms with E-state index in [0.717, 1.165) is 5.02 Å². The molecule has 2 nitrogen and oxygen atoms in total. The molecule has 0 saturated carbocycles. The Morgan fingerprint density at radius 3 is 2.47 bits per heavy atom. The van der Waals surface area contributed by atoms with Crippen molar-refractivity contribution in [1.82, 2.24) is 5.32 Å². The summed E-state index contributed by atoms with van der Waals surface area (Å²) in [5, 5.41) is 4.29. The van der Waals surface area contributed by atoms with Crippen LogP contribution in [0.2, 0.25) is 5.02 Å². The molecule has 0 aromatic heterocycles. The normalized spacial score (nSPS) is 23.2. The van der Waals surface area contributed by atoms with Gasteiger partial charge in [0.05, 0.1) is 0 Å². The summed E-state index contributed by atoms with van der Waals surface area (Å²) in [6, 6.07) is 8.26. The Kier molecular flexibility index (Phi) is 3.01. The van der Waals surface area contributed by atoms with E-state index >= 15 is 0 Å². The zero-order valence-corrected chi connectivity index (χ0v) is 10.8. The molecule has 0 aliphatic carbocycles. The molecule has 2 fully saturated rings. The van der Waals surface area contributed by atoms with Crippen molar-refractivity contribution < 1.29 is 0 Å². The Hall–Kier alpha value is -0.730. The van der Waals surface area contributed by atoms with E-state index in [0.29, 0.717) is 5.41 Å². The standard InChI is InChI=1S/C14H19ClN2/c15-12-1-3-13(4-2-12)17-10-7-14(11-17)5-8-16-9-6-14/h1-4,16H,5-11H2. The lowest BCUT2D eigenvalue weighted by molar-refractivity contribution is 0.232. The van der Waals surface area contributed by atoms with Crippen molar-refractivity contribution in [1.29, 1.82) is 0 Å². The quantitative estimate of drug-likeness (QED) is 0.825. The smallest absolute Gasteiger partial charge is 0.0407 e. The number of nitrogens with zero attached hydrogens (tertiary/aromatic N) is 1. The number of piperidine rings is 1. The topological polar surface area (TPSA) is 15.3 Å². The second-order valence-electron chi connectivity index (χ2n) is 5.40. The van der Waals surface area contributed by atoms with Gasteiger partial charge in [-0.3, -0.25) is 0 Å². The molecular weight excluding hydrogens is 232 g/mol. The molecule has 17 heavy (non-hydrogen) atoms. The van der Waals surface area contributed by atoms with E-state index in [1.807, 2.05) is 12.1 Å². The van der Waals surface area contributed by atoms with Crippen LogP contribution in [0.1, 0.15) is 19.3 Å². The molecule has 1 spiro atoms. The van der Waals surface area contributed by atoms with Crippen LogP contribution in [0, 0.1) is 5.41 Å². The Bertz CT molecular complexity index is 382. The van der Waals surface area contributed by atoms with Crippen LogP contribution in [0.25, 0.3) is 0 Å². The minimum Gasteiger partial charge on any atom is -0.371 e. The first kappa shape index (κ1) is 11.4. The molecule has 0 amide bonds. The summed E-state index contributed by atoms with van der Waals surface area (Å²) in [5.74, 6) is 0. The molecule has 2 saturated heterocycles. The van der Waals surface area contributed by atoms with Gasteiger partial charge in [0, 0.05) is 23.8 Å². The summed E-state index contributed by atoms with van der Waals surface area (Å²) in [7, 11) is 0. The fourth-order valence-electron chi connectivity index (χ4n) is 3.17. The summed E-state index contributed by atoms with van der Waals surface area (Å²) in [6.07, 6.45) is 4.01. The van der Waals surface area contributed by atoms with Crippen LogP contribution in [-0.4, -0.2) is 26.2 Å². The van der Waals surface area contributed by atoms with E-state index in [9.17, 15) is 0 Å². The highest BCUT2D eigenvalue weighted by molar-refractivity contribution is 6.30. The Morgan fingerprint density at radius 1 is 1.06 bits per heavy atom. The van der Waals surface area contributed by atoms with Gasteiger partial charge in [-0.15, -0.1) is 0 Å². The SMILES string of the molecule is Clc1ccc(N2CCC3(CCNCC3)C2)cc1. The Morgan fingerprint density at radius 2 is 1.76 bits per heavy atom. The monoisotopic (exact) mass is 250 g/mol. The lowest BCUT2D eigenvalue weighted by atomic mass is 9.78. The molecule has 2 heterocycles. The minimum absolute atomic E-state index is 0.574. The third-order valence-corrected chi connectivity index (χ3v) is 4.55. The molecule has 3 rings (SSSR count). The van der Waals surface area contributed by atoms with Crippen molar-refractivity contribution in [3.63, 3.8) is 0 Å². The average molecular weight is 251 g/mol. The van der Waals surface area contributed by atoms with Crippen molar-refractivity contribution in [2.24, 2.45) is 5.41 Å². The molecular formula is C14H19ClN2. The number of rotatable bonds is 1. The highest BCUT2D eigenvalue weighted by Crippen LogP contribution is 2.40. The summed E-state index contributed by atoms with van der Waals surface area (Å²) in [4.78, 5) is 2.52. The number of nitrogens with one attached hydrogen (secondary N) is 1. The van der Waals surface area contributed by atoms with E-state index in [2.05, 4.69) is 22.3 Å². The van der Waals surface area contributed by atoms with E-state index in [1.54, 1.807) is 0 Å². The second-order valence-corrected chi connectivity index (χ2v) is 5.83. The predicted octanol–water partition coefficient (Wildman–Crippen LogP) is 2.92. The number of benzene rings is 1. The van der Waals surface area contributed by atoms with Crippen LogP contribution in [0.5, 0.6) is 0 Å². The lowest BCUT2D eigenvalue weighted by Crippen LogP contribution is -2.38. The number of anilines is 1. The van der Waals surface area contributed by atoms with Gasteiger partial charge in [0.25, 0.3) is 0 Å². The van der Waals surface area contributed by atoms with Gasteiger partial charge >= 0.3 is 0 Å². The molecule has 0 bridgehead atoms. The summed E-state index contributed by atoms with van der Waals surface area (Å²) < 4.78 is 0. The highest BCUT2D eigenvalue weighted by atomic mass is 35.5. The van der Waals surface area contributed by atoms with Gasteiger partial charge in [0.1, 0.15) is 0 Å².